The molecule has 0 saturated carbocycles. The number of aliphatic carboxylic acids is 1. The van der Waals surface area contributed by atoms with Crippen LogP contribution in [0.5, 0.6) is 0 Å². The van der Waals surface area contributed by atoms with Gasteiger partial charge >= 0.3 is 5.97 Å². The number of carbonyl (C=O) groups excluding carboxylic acids is 4. The van der Waals surface area contributed by atoms with Crippen molar-refractivity contribution in [2.45, 2.75) is 117 Å². The van der Waals surface area contributed by atoms with Gasteiger partial charge in [0.05, 0.1) is 42.7 Å². The van der Waals surface area contributed by atoms with Gasteiger partial charge in [0.2, 0.25) is 23.6 Å². The number of ether oxygens (including phenoxy) is 2. The van der Waals surface area contributed by atoms with Gasteiger partial charge in [-0.2, -0.15) is 0 Å². The smallest absolute Gasteiger partial charge is 0.326 e. The van der Waals surface area contributed by atoms with Gasteiger partial charge < -0.3 is 40.3 Å². The Balaban J connectivity index is 2.31. The molecule has 9 atom stereocenters. The zero-order valence-electron chi connectivity index (χ0n) is 33.7. The first-order valence-corrected chi connectivity index (χ1v) is 18.8. The van der Waals surface area contributed by atoms with Gasteiger partial charge in [0.25, 0.3) is 0 Å². The van der Waals surface area contributed by atoms with Gasteiger partial charge in [0.15, 0.2) is 0 Å². The number of hydrogen-bond acceptors (Lipinski definition) is 8. The van der Waals surface area contributed by atoms with Crippen molar-refractivity contribution in [2.75, 3.05) is 34.9 Å². The number of nitrogens with zero attached hydrogens (tertiary/aromatic N) is 2. The van der Waals surface area contributed by atoms with Gasteiger partial charge in [-0.25, -0.2) is 4.79 Å². The highest BCUT2D eigenvalue weighted by atomic mass is 16.5. The molecule has 2 rings (SSSR count). The van der Waals surface area contributed by atoms with E-state index in [0.29, 0.717) is 12.8 Å². The maximum atomic E-state index is 14.2. The van der Waals surface area contributed by atoms with Crippen LogP contribution < -0.4 is 16.0 Å². The summed E-state index contributed by atoms with van der Waals surface area (Å²) in [5.74, 6) is -3.50. The molecule has 13 heteroatoms. The summed E-state index contributed by atoms with van der Waals surface area (Å²) in [5.41, 5.74) is 1.57. The average molecular weight is 744 g/mol. The third kappa shape index (κ3) is 12.1. The summed E-state index contributed by atoms with van der Waals surface area (Å²) in [4.78, 5) is 70.4. The van der Waals surface area contributed by atoms with Crippen molar-refractivity contribution < 1.29 is 38.6 Å². The van der Waals surface area contributed by atoms with Crippen molar-refractivity contribution in [2.24, 2.45) is 23.7 Å². The largest absolute Gasteiger partial charge is 0.480 e. The lowest BCUT2D eigenvalue weighted by Crippen LogP contribution is -2.59. The van der Waals surface area contributed by atoms with E-state index < -0.39 is 60.2 Å². The lowest BCUT2D eigenvalue weighted by Gasteiger charge is -2.41. The fourth-order valence-electron chi connectivity index (χ4n) is 7.35. The Morgan fingerprint density at radius 1 is 0.943 bits per heavy atom. The van der Waals surface area contributed by atoms with Crippen molar-refractivity contribution in [1.29, 1.82) is 0 Å². The van der Waals surface area contributed by atoms with E-state index in [1.54, 1.807) is 43.0 Å². The lowest BCUT2D eigenvalue weighted by atomic mass is 9.89. The summed E-state index contributed by atoms with van der Waals surface area (Å²) in [6.45, 7) is 17.7. The van der Waals surface area contributed by atoms with Crippen LogP contribution in [0.3, 0.4) is 0 Å². The molecule has 0 radical (unpaired) electrons. The standard InChI is InChI=1S/C40H65N5O8/c1-13-26(7)35(44(10)39(49)34(24(4)5)43-38(48)33(41-9)23(2)3)31(52-11)21-32(46)45-22-25(6)19-30(45)36(53-12)27(8)37(47)42-29(40(50)51)20-28-17-15-14-16-18-28/h14-18,23-24,26-27,29-31,33-36,41H,6,13,19-22H2,1-5,7-12H3,(H,42,47)(H,43,48)(H,50,51)/t26-,27?,29-,30-,31?,33?,34-,35?,36?/m0/s1. The Labute approximate surface area is 316 Å². The van der Waals surface area contributed by atoms with E-state index in [1.165, 1.54) is 14.2 Å². The summed E-state index contributed by atoms with van der Waals surface area (Å²) in [6, 6.07) is 5.60. The molecule has 1 aromatic carbocycles. The Morgan fingerprint density at radius 2 is 1.55 bits per heavy atom. The SMILES string of the molecule is C=C1C[C@@H](C(OC)C(C)C(=O)N[C@@H](Cc2ccccc2)C(=O)O)N(C(=O)CC(OC)C([C@@H](C)CC)N(C)C(=O)[C@@H](NC(=O)C(NC)C(C)C)C(C)C)C1. The second-order valence-electron chi connectivity index (χ2n) is 15.2. The zero-order valence-corrected chi connectivity index (χ0v) is 33.7. The Bertz CT molecular complexity index is 1390. The number of amides is 4. The van der Waals surface area contributed by atoms with Crippen molar-refractivity contribution in [3.63, 3.8) is 0 Å². The van der Waals surface area contributed by atoms with E-state index in [9.17, 15) is 29.1 Å². The molecule has 5 unspecified atom stereocenters. The number of carbonyl (C=O) groups is 5. The number of likely N-dealkylation sites (tertiary alicyclic amines) is 1. The van der Waals surface area contributed by atoms with E-state index in [0.717, 1.165) is 11.1 Å². The van der Waals surface area contributed by atoms with E-state index in [1.807, 2.05) is 59.7 Å². The number of carboxylic acids is 1. The minimum Gasteiger partial charge on any atom is -0.480 e. The summed E-state index contributed by atoms with van der Waals surface area (Å²) < 4.78 is 11.8. The molecule has 1 heterocycles. The van der Waals surface area contributed by atoms with Crippen LogP contribution in [0.4, 0.5) is 0 Å². The van der Waals surface area contributed by atoms with Crippen LogP contribution in [0.2, 0.25) is 0 Å². The molecule has 1 fully saturated rings. The van der Waals surface area contributed by atoms with Crippen LogP contribution in [0.25, 0.3) is 0 Å². The Kier molecular flexibility index (Phi) is 18.1. The molecule has 0 bridgehead atoms. The predicted molar refractivity (Wildman–Crippen MR) is 205 cm³/mol. The first-order chi connectivity index (χ1) is 24.9. The van der Waals surface area contributed by atoms with E-state index >= 15 is 0 Å². The van der Waals surface area contributed by atoms with Crippen LogP contribution in [0, 0.1) is 23.7 Å². The summed E-state index contributed by atoms with van der Waals surface area (Å²) in [6.07, 6.45) is -0.297. The first kappa shape index (κ1) is 45.3. The van der Waals surface area contributed by atoms with Crippen molar-refractivity contribution in [3.8, 4) is 0 Å². The molecule has 1 saturated heterocycles. The number of carboxylic acid groups (broad SMARTS) is 1. The molecule has 1 aliphatic rings. The predicted octanol–water partition coefficient (Wildman–Crippen LogP) is 3.27. The van der Waals surface area contributed by atoms with Crippen LogP contribution >= 0.6 is 0 Å². The molecule has 1 aliphatic heterocycles. The molecule has 0 aromatic heterocycles. The highest BCUT2D eigenvalue weighted by molar-refractivity contribution is 5.90. The quantitative estimate of drug-likeness (QED) is 0.138. The van der Waals surface area contributed by atoms with Crippen molar-refractivity contribution in [3.05, 3.63) is 48.0 Å². The number of methoxy groups -OCH3 is 2. The molecule has 0 spiro atoms. The molecular formula is C40H65N5O8. The van der Waals surface area contributed by atoms with Crippen molar-refractivity contribution >= 4 is 29.6 Å². The van der Waals surface area contributed by atoms with Crippen LogP contribution in [-0.2, 0) is 39.9 Å². The third-order valence-electron chi connectivity index (χ3n) is 10.6. The zero-order chi connectivity index (χ0) is 40.2. The second kappa shape index (κ2) is 21.2. The van der Waals surface area contributed by atoms with Gasteiger partial charge in [-0.15, -0.1) is 0 Å². The fraction of sp³-hybridized carbons (Fsp3) is 0.675. The maximum Gasteiger partial charge on any atom is 0.326 e. The van der Waals surface area contributed by atoms with Crippen LogP contribution in [0.1, 0.15) is 73.3 Å². The molecule has 53 heavy (non-hydrogen) atoms. The van der Waals surface area contributed by atoms with Gasteiger partial charge in [0, 0.05) is 34.2 Å². The van der Waals surface area contributed by atoms with Gasteiger partial charge in [-0.05, 0) is 36.8 Å². The fourth-order valence-corrected chi connectivity index (χ4v) is 7.35. The third-order valence-corrected chi connectivity index (χ3v) is 10.6. The number of benzene rings is 1. The van der Waals surface area contributed by atoms with Gasteiger partial charge in [-0.3, -0.25) is 19.2 Å². The minimum atomic E-state index is -1.15. The average Bonchev–Trinajstić information content (AvgIpc) is 3.50. The monoisotopic (exact) mass is 743 g/mol. The van der Waals surface area contributed by atoms with E-state index in [2.05, 4.69) is 22.5 Å². The minimum absolute atomic E-state index is 0.0132. The van der Waals surface area contributed by atoms with Gasteiger partial charge in [0.1, 0.15) is 12.1 Å². The number of rotatable bonds is 21. The molecule has 298 valence electrons. The molecule has 4 N–H and O–H groups in total. The van der Waals surface area contributed by atoms with E-state index in [-0.39, 0.29) is 54.9 Å². The Morgan fingerprint density at radius 3 is 2.04 bits per heavy atom. The number of nitrogens with one attached hydrogen (secondary N) is 3. The first-order valence-electron chi connectivity index (χ1n) is 18.8. The highest BCUT2D eigenvalue weighted by Gasteiger charge is 2.44. The maximum absolute atomic E-state index is 14.2. The van der Waals surface area contributed by atoms with Crippen LogP contribution in [-0.4, -0.2) is 122 Å². The molecular weight excluding hydrogens is 678 g/mol. The summed E-state index contributed by atoms with van der Waals surface area (Å²) >= 11 is 0. The lowest BCUT2D eigenvalue weighted by molar-refractivity contribution is -0.148. The molecule has 4 amide bonds. The molecule has 1 aromatic rings. The van der Waals surface area contributed by atoms with Crippen molar-refractivity contribution in [1.82, 2.24) is 25.8 Å². The van der Waals surface area contributed by atoms with E-state index in [4.69, 9.17) is 9.47 Å². The normalized spacial score (nSPS) is 19.2. The van der Waals surface area contributed by atoms with Gasteiger partial charge in [-0.1, -0.05) is 97.4 Å². The second-order valence-corrected chi connectivity index (χ2v) is 15.2. The molecule has 0 aliphatic carbocycles. The summed E-state index contributed by atoms with van der Waals surface area (Å²) in [5, 5.41) is 18.6. The molecule has 13 nitrogen and oxygen atoms in total. The Hall–Kier alpha value is -3.81. The highest BCUT2D eigenvalue weighted by Crippen LogP contribution is 2.31. The summed E-state index contributed by atoms with van der Waals surface area (Å²) in [7, 11) is 6.40. The number of hydrogen-bond donors (Lipinski definition) is 4. The number of likely N-dealkylation sites (N-methyl/N-ethyl adjacent to an activating group) is 2. The van der Waals surface area contributed by atoms with Crippen LogP contribution in [0.15, 0.2) is 42.5 Å². The topological polar surface area (TPSA) is 167 Å².